The number of halogens is 4. The highest BCUT2D eigenvalue weighted by molar-refractivity contribution is 6.21. The predicted molar refractivity (Wildman–Crippen MR) is 58.8 cm³/mol. The molecule has 0 aliphatic heterocycles. The molecule has 17 heavy (non-hydrogen) atoms. The summed E-state index contributed by atoms with van der Waals surface area (Å²) in [5.74, 6) is 0.787. The fourth-order valence-corrected chi connectivity index (χ4v) is 1.75. The van der Waals surface area contributed by atoms with Crippen LogP contribution < -0.4 is 9.47 Å². The van der Waals surface area contributed by atoms with Gasteiger partial charge in [0.25, 0.3) is 0 Å². The summed E-state index contributed by atoms with van der Waals surface area (Å²) >= 11 is 5.73. The molecule has 0 saturated carbocycles. The van der Waals surface area contributed by atoms with Crippen LogP contribution in [0.5, 0.6) is 11.5 Å². The second-order valence-corrected chi connectivity index (χ2v) is 3.92. The minimum absolute atomic E-state index is 0.286. The first-order valence-electron chi connectivity index (χ1n) is 4.80. The van der Waals surface area contributed by atoms with Gasteiger partial charge in [-0.15, -0.1) is 11.6 Å². The summed E-state index contributed by atoms with van der Waals surface area (Å²) in [7, 11) is 2.83. The maximum absolute atomic E-state index is 12.2. The molecule has 0 fully saturated rings. The molecule has 0 radical (unpaired) electrons. The van der Waals surface area contributed by atoms with Crippen molar-refractivity contribution < 1.29 is 22.6 Å². The van der Waals surface area contributed by atoms with Crippen LogP contribution in [0.2, 0.25) is 0 Å². The topological polar surface area (TPSA) is 18.5 Å². The van der Waals surface area contributed by atoms with Gasteiger partial charge in [0.05, 0.1) is 26.0 Å². The monoisotopic (exact) mass is 268 g/mol. The van der Waals surface area contributed by atoms with Gasteiger partial charge in [0.2, 0.25) is 0 Å². The van der Waals surface area contributed by atoms with Crippen LogP contribution in [0, 0.1) is 0 Å². The van der Waals surface area contributed by atoms with Gasteiger partial charge in [-0.3, -0.25) is 0 Å². The lowest BCUT2D eigenvalue weighted by atomic mass is 10.1. The van der Waals surface area contributed by atoms with Crippen molar-refractivity contribution in [3.63, 3.8) is 0 Å². The van der Waals surface area contributed by atoms with Crippen LogP contribution in [0.25, 0.3) is 0 Å². The Balaban J connectivity index is 2.96. The second kappa shape index (κ2) is 5.49. The lowest BCUT2D eigenvalue weighted by molar-refractivity contribution is -0.134. The summed E-state index contributed by atoms with van der Waals surface area (Å²) in [6.45, 7) is 0. The van der Waals surface area contributed by atoms with E-state index in [1.54, 1.807) is 6.07 Å². The van der Waals surface area contributed by atoms with E-state index >= 15 is 0 Å². The van der Waals surface area contributed by atoms with E-state index in [0.29, 0.717) is 11.3 Å². The van der Waals surface area contributed by atoms with Crippen LogP contribution in [0.1, 0.15) is 17.4 Å². The summed E-state index contributed by atoms with van der Waals surface area (Å²) in [4.78, 5) is 0. The lowest BCUT2D eigenvalue weighted by Gasteiger charge is -2.16. The molecule has 6 heteroatoms. The lowest BCUT2D eigenvalue weighted by Crippen LogP contribution is -2.11. The first-order valence-corrected chi connectivity index (χ1v) is 5.23. The molecule has 1 aromatic rings. The number of alkyl halides is 4. The zero-order chi connectivity index (χ0) is 13.1. The number of ether oxygens (including phenoxy) is 2. The number of rotatable bonds is 4. The van der Waals surface area contributed by atoms with Gasteiger partial charge in [-0.2, -0.15) is 13.2 Å². The van der Waals surface area contributed by atoms with Crippen LogP contribution in [0.4, 0.5) is 13.2 Å². The Morgan fingerprint density at radius 2 is 1.88 bits per heavy atom. The van der Waals surface area contributed by atoms with E-state index in [4.69, 9.17) is 21.1 Å². The third-order valence-electron chi connectivity index (χ3n) is 2.19. The molecule has 0 aromatic heterocycles. The Morgan fingerprint density at radius 3 is 2.35 bits per heavy atom. The highest BCUT2D eigenvalue weighted by Crippen LogP contribution is 2.39. The van der Waals surface area contributed by atoms with E-state index in [1.807, 2.05) is 0 Å². The van der Waals surface area contributed by atoms with Crippen molar-refractivity contribution in [1.29, 1.82) is 0 Å². The Hall–Kier alpha value is -1.10. The van der Waals surface area contributed by atoms with E-state index in [2.05, 4.69) is 0 Å². The predicted octanol–water partition coefficient (Wildman–Crippen LogP) is 3.94. The van der Waals surface area contributed by atoms with Crippen molar-refractivity contribution >= 4 is 11.6 Å². The van der Waals surface area contributed by atoms with Crippen LogP contribution in [-0.4, -0.2) is 20.4 Å². The molecule has 0 bridgehead atoms. The van der Waals surface area contributed by atoms with Crippen molar-refractivity contribution in [3.8, 4) is 11.5 Å². The van der Waals surface area contributed by atoms with E-state index in [0.717, 1.165) is 0 Å². The Labute approximate surface area is 102 Å². The molecule has 0 saturated heterocycles. The molecule has 0 aliphatic carbocycles. The normalized spacial score (nSPS) is 13.3. The van der Waals surface area contributed by atoms with Gasteiger partial charge in [-0.1, -0.05) is 6.07 Å². The van der Waals surface area contributed by atoms with Crippen LogP contribution in [0.3, 0.4) is 0 Å². The zero-order valence-electron chi connectivity index (χ0n) is 9.34. The molecular weight excluding hydrogens is 257 g/mol. The molecule has 0 spiro atoms. The SMILES string of the molecule is COc1ccc(C(Cl)CC(F)(F)F)c(OC)c1. The van der Waals surface area contributed by atoms with E-state index in [-0.39, 0.29) is 5.75 Å². The van der Waals surface area contributed by atoms with Gasteiger partial charge in [0, 0.05) is 11.6 Å². The smallest absolute Gasteiger partial charge is 0.390 e. The quantitative estimate of drug-likeness (QED) is 0.770. The molecule has 1 atom stereocenters. The van der Waals surface area contributed by atoms with Crippen molar-refractivity contribution in [2.24, 2.45) is 0 Å². The molecule has 0 amide bonds. The Kier molecular flexibility index (Phi) is 4.51. The van der Waals surface area contributed by atoms with Gasteiger partial charge >= 0.3 is 6.18 Å². The minimum Gasteiger partial charge on any atom is -0.497 e. The van der Waals surface area contributed by atoms with Crippen LogP contribution >= 0.6 is 11.6 Å². The average molecular weight is 269 g/mol. The highest BCUT2D eigenvalue weighted by atomic mass is 35.5. The standard InChI is InChI=1S/C11H12ClF3O2/c1-16-7-3-4-8(10(5-7)17-2)9(12)6-11(13,14)15/h3-5,9H,6H2,1-2H3. The maximum atomic E-state index is 12.2. The van der Waals surface area contributed by atoms with Crippen LogP contribution in [0.15, 0.2) is 18.2 Å². The number of hydrogen-bond donors (Lipinski definition) is 0. The van der Waals surface area contributed by atoms with Crippen LogP contribution in [-0.2, 0) is 0 Å². The summed E-state index contributed by atoms with van der Waals surface area (Å²) < 4.78 is 46.6. The molecule has 0 heterocycles. The molecule has 0 N–H and O–H groups in total. The fraction of sp³-hybridized carbons (Fsp3) is 0.455. The van der Waals surface area contributed by atoms with Crippen molar-refractivity contribution in [2.75, 3.05) is 14.2 Å². The van der Waals surface area contributed by atoms with Gasteiger partial charge in [0.1, 0.15) is 11.5 Å². The Bertz CT molecular complexity index is 379. The minimum atomic E-state index is -4.31. The summed E-state index contributed by atoms with van der Waals surface area (Å²) in [5, 5.41) is -1.17. The first kappa shape index (κ1) is 14.0. The average Bonchev–Trinajstić information content (AvgIpc) is 2.25. The van der Waals surface area contributed by atoms with E-state index in [1.165, 1.54) is 26.4 Å². The summed E-state index contributed by atoms with van der Waals surface area (Å²) in [6.07, 6.45) is -5.41. The molecular formula is C11H12ClF3O2. The molecule has 96 valence electrons. The number of hydrogen-bond acceptors (Lipinski definition) is 2. The summed E-state index contributed by atoms with van der Waals surface area (Å²) in [6, 6.07) is 4.52. The largest absolute Gasteiger partial charge is 0.497 e. The maximum Gasteiger partial charge on any atom is 0.390 e. The Morgan fingerprint density at radius 1 is 1.24 bits per heavy atom. The van der Waals surface area contributed by atoms with Gasteiger partial charge in [-0.05, 0) is 6.07 Å². The third kappa shape index (κ3) is 4.00. The number of methoxy groups -OCH3 is 2. The summed E-state index contributed by atoms with van der Waals surface area (Å²) in [5.41, 5.74) is 0.298. The van der Waals surface area contributed by atoms with Gasteiger partial charge in [0.15, 0.2) is 0 Å². The van der Waals surface area contributed by atoms with Crippen molar-refractivity contribution in [1.82, 2.24) is 0 Å². The van der Waals surface area contributed by atoms with Gasteiger partial charge in [-0.25, -0.2) is 0 Å². The first-order chi connectivity index (χ1) is 7.87. The van der Waals surface area contributed by atoms with E-state index < -0.39 is 18.0 Å². The zero-order valence-corrected chi connectivity index (χ0v) is 10.1. The number of benzene rings is 1. The third-order valence-corrected chi connectivity index (χ3v) is 2.58. The molecule has 1 rings (SSSR count). The van der Waals surface area contributed by atoms with E-state index in [9.17, 15) is 13.2 Å². The second-order valence-electron chi connectivity index (χ2n) is 3.39. The molecule has 2 nitrogen and oxygen atoms in total. The fourth-order valence-electron chi connectivity index (χ4n) is 1.39. The molecule has 0 aliphatic rings. The van der Waals surface area contributed by atoms with Gasteiger partial charge < -0.3 is 9.47 Å². The molecule has 1 unspecified atom stereocenters. The molecule has 1 aromatic carbocycles. The van der Waals surface area contributed by atoms with Crippen molar-refractivity contribution in [3.05, 3.63) is 23.8 Å². The highest BCUT2D eigenvalue weighted by Gasteiger charge is 2.32. The van der Waals surface area contributed by atoms with Crippen molar-refractivity contribution in [2.45, 2.75) is 18.0 Å².